The predicted molar refractivity (Wildman–Crippen MR) is 60.9 cm³/mol. The molecule has 1 nitrogen and oxygen atoms in total. The third-order valence-corrected chi connectivity index (χ3v) is 4.49. The summed E-state index contributed by atoms with van der Waals surface area (Å²) in [5.41, 5.74) is 0.666. The second-order valence-electron chi connectivity index (χ2n) is 4.90. The van der Waals surface area contributed by atoms with Crippen LogP contribution in [0.15, 0.2) is 24.3 Å². The van der Waals surface area contributed by atoms with Crippen LogP contribution in [0.25, 0.3) is 0 Å². The van der Waals surface area contributed by atoms with Crippen molar-refractivity contribution in [1.29, 1.82) is 0 Å². The van der Waals surface area contributed by atoms with Gasteiger partial charge in [-0.3, -0.25) is 0 Å². The van der Waals surface area contributed by atoms with Gasteiger partial charge < -0.3 is 5.11 Å². The van der Waals surface area contributed by atoms with Crippen molar-refractivity contribution in [3.63, 3.8) is 0 Å². The molecule has 1 aromatic carbocycles. The van der Waals surface area contributed by atoms with Crippen LogP contribution < -0.4 is 0 Å². The molecule has 80 valence electrons. The number of hydrogen-bond donors (Lipinski definition) is 1. The smallest absolute Gasteiger partial charge is 0.0751 e. The van der Waals surface area contributed by atoms with Gasteiger partial charge in [-0.05, 0) is 36.3 Å². The Balaban J connectivity index is 1.79. The third kappa shape index (κ3) is 1.41. The lowest BCUT2D eigenvalue weighted by Gasteiger charge is -2.14. The number of rotatable bonds is 2. The molecule has 2 saturated carbocycles. The summed E-state index contributed by atoms with van der Waals surface area (Å²) in [6.07, 6.45) is 4.43. The van der Waals surface area contributed by atoms with Crippen LogP contribution in [0.4, 0.5) is 0 Å². The monoisotopic (exact) mass is 222 g/mol. The van der Waals surface area contributed by atoms with E-state index in [1.807, 2.05) is 24.3 Å². The summed E-state index contributed by atoms with van der Waals surface area (Å²) in [5, 5.41) is 11.2. The van der Waals surface area contributed by atoms with Crippen molar-refractivity contribution in [1.82, 2.24) is 0 Å². The minimum Gasteiger partial charge on any atom is -0.389 e. The first-order valence-electron chi connectivity index (χ1n) is 5.67. The summed E-state index contributed by atoms with van der Waals surface area (Å²) in [6, 6.07) is 7.85. The summed E-state index contributed by atoms with van der Waals surface area (Å²) < 4.78 is 0. The van der Waals surface area contributed by atoms with E-state index in [4.69, 9.17) is 11.6 Å². The van der Waals surface area contributed by atoms with Gasteiger partial charge in [0.25, 0.3) is 0 Å². The maximum atomic E-state index is 10.4. The van der Waals surface area contributed by atoms with Gasteiger partial charge in [-0.2, -0.15) is 0 Å². The average Bonchev–Trinajstić information content (AvgIpc) is 2.67. The Bertz CT molecular complexity index is 378. The maximum Gasteiger partial charge on any atom is 0.0751 e. The Labute approximate surface area is 95.1 Å². The van der Waals surface area contributed by atoms with Crippen molar-refractivity contribution < 1.29 is 5.11 Å². The summed E-state index contributed by atoms with van der Waals surface area (Å²) in [7, 11) is 0. The van der Waals surface area contributed by atoms with Crippen molar-refractivity contribution in [3.8, 4) is 0 Å². The molecule has 2 atom stereocenters. The van der Waals surface area contributed by atoms with Crippen molar-refractivity contribution >= 4 is 11.6 Å². The highest BCUT2D eigenvalue weighted by atomic mass is 35.5. The molecular formula is C13H15ClO. The van der Waals surface area contributed by atoms with Crippen LogP contribution in [0.3, 0.4) is 0 Å². The average molecular weight is 223 g/mol. The first-order chi connectivity index (χ1) is 7.22. The fourth-order valence-electron chi connectivity index (χ4n) is 3.26. The molecule has 0 aromatic heterocycles. The first kappa shape index (κ1) is 9.68. The molecule has 3 rings (SSSR count). The molecule has 0 radical (unpaired) electrons. The van der Waals surface area contributed by atoms with Gasteiger partial charge in [0, 0.05) is 11.4 Å². The van der Waals surface area contributed by atoms with Crippen molar-refractivity contribution in [2.45, 2.75) is 31.3 Å². The second kappa shape index (κ2) is 3.23. The van der Waals surface area contributed by atoms with Gasteiger partial charge in [0.2, 0.25) is 0 Å². The molecule has 2 aliphatic carbocycles. The molecule has 0 saturated heterocycles. The molecule has 0 heterocycles. The largest absolute Gasteiger partial charge is 0.389 e. The van der Waals surface area contributed by atoms with Gasteiger partial charge in [-0.25, -0.2) is 0 Å². The molecule has 0 aliphatic heterocycles. The van der Waals surface area contributed by atoms with E-state index in [9.17, 15) is 5.11 Å². The van der Waals surface area contributed by atoms with Crippen LogP contribution in [0.5, 0.6) is 0 Å². The van der Waals surface area contributed by atoms with Crippen molar-refractivity contribution in [2.24, 2.45) is 11.8 Å². The molecule has 0 bridgehead atoms. The van der Waals surface area contributed by atoms with Gasteiger partial charge in [-0.1, -0.05) is 36.2 Å². The molecular weight excluding hydrogens is 208 g/mol. The van der Waals surface area contributed by atoms with E-state index in [0.717, 1.165) is 17.0 Å². The summed E-state index contributed by atoms with van der Waals surface area (Å²) in [6.45, 7) is 0. The van der Waals surface area contributed by atoms with E-state index in [1.54, 1.807) is 0 Å². The Morgan fingerprint density at radius 3 is 2.60 bits per heavy atom. The molecule has 2 unspecified atom stereocenters. The first-order valence-corrected chi connectivity index (χ1v) is 6.05. The van der Waals surface area contributed by atoms with Gasteiger partial charge >= 0.3 is 0 Å². The number of halogens is 1. The van der Waals surface area contributed by atoms with Gasteiger partial charge in [0.15, 0.2) is 0 Å². The van der Waals surface area contributed by atoms with Crippen LogP contribution in [0, 0.1) is 11.8 Å². The van der Waals surface area contributed by atoms with Gasteiger partial charge in [0.1, 0.15) is 0 Å². The Kier molecular flexibility index (Phi) is 2.08. The topological polar surface area (TPSA) is 20.2 Å². The number of benzene rings is 1. The number of fused-ring (bicyclic) bond motifs is 1. The van der Waals surface area contributed by atoms with Crippen LogP contribution in [-0.4, -0.2) is 10.7 Å². The molecule has 0 spiro atoms. The van der Waals surface area contributed by atoms with Crippen molar-refractivity contribution in [2.75, 3.05) is 0 Å². The predicted octanol–water partition coefficient (Wildman–Crippen LogP) is 3.04. The van der Waals surface area contributed by atoms with Gasteiger partial charge in [0.05, 0.1) is 5.60 Å². The van der Waals surface area contributed by atoms with Crippen molar-refractivity contribution in [3.05, 3.63) is 34.9 Å². The van der Waals surface area contributed by atoms with Crippen LogP contribution in [-0.2, 0) is 6.42 Å². The van der Waals surface area contributed by atoms with E-state index in [1.165, 1.54) is 19.3 Å². The molecule has 2 heteroatoms. The quantitative estimate of drug-likeness (QED) is 0.816. The summed E-state index contributed by atoms with van der Waals surface area (Å²) >= 11 is 6.10. The summed E-state index contributed by atoms with van der Waals surface area (Å²) in [4.78, 5) is 0. The van der Waals surface area contributed by atoms with Crippen LogP contribution >= 0.6 is 11.6 Å². The zero-order valence-electron chi connectivity index (χ0n) is 8.62. The molecule has 1 N–H and O–H groups in total. The third-order valence-electron chi connectivity index (χ3n) is 4.12. The van der Waals surface area contributed by atoms with Gasteiger partial charge in [-0.15, -0.1) is 0 Å². The number of hydrogen-bond acceptors (Lipinski definition) is 1. The zero-order valence-corrected chi connectivity index (χ0v) is 9.37. The fraction of sp³-hybridized carbons (Fsp3) is 0.538. The molecule has 0 amide bonds. The van der Waals surface area contributed by atoms with E-state index in [0.29, 0.717) is 11.8 Å². The lowest BCUT2D eigenvalue weighted by molar-refractivity contribution is 0.107. The normalized spacial score (nSPS) is 37.7. The highest BCUT2D eigenvalue weighted by Gasteiger charge is 2.64. The van der Waals surface area contributed by atoms with Crippen LogP contribution in [0.2, 0.25) is 5.02 Å². The standard InChI is InChI=1S/C13H15ClO/c14-12-7-2-1-4-9(12)8-13(15)10-5-3-6-11(10)13/h1-2,4,7,10-11,15H,3,5-6,8H2. The Morgan fingerprint density at radius 1 is 1.27 bits per heavy atom. The Morgan fingerprint density at radius 2 is 1.93 bits per heavy atom. The highest BCUT2D eigenvalue weighted by molar-refractivity contribution is 6.31. The molecule has 2 aliphatic rings. The molecule has 2 fully saturated rings. The van der Waals surface area contributed by atoms with E-state index < -0.39 is 5.60 Å². The van der Waals surface area contributed by atoms with E-state index in [2.05, 4.69) is 0 Å². The minimum atomic E-state index is -0.427. The highest BCUT2D eigenvalue weighted by Crippen LogP contribution is 2.62. The summed E-state index contributed by atoms with van der Waals surface area (Å²) in [5.74, 6) is 1.10. The lowest BCUT2D eigenvalue weighted by Crippen LogP contribution is -2.19. The lowest BCUT2D eigenvalue weighted by atomic mass is 9.99. The fourth-order valence-corrected chi connectivity index (χ4v) is 3.46. The zero-order chi connectivity index (χ0) is 10.5. The van der Waals surface area contributed by atoms with Crippen LogP contribution in [0.1, 0.15) is 24.8 Å². The SMILES string of the molecule is OC1(Cc2ccccc2Cl)C2CCCC21. The molecule has 15 heavy (non-hydrogen) atoms. The van der Waals surface area contributed by atoms with E-state index in [-0.39, 0.29) is 0 Å². The second-order valence-corrected chi connectivity index (χ2v) is 5.31. The van der Waals surface area contributed by atoms with E-state index >= 15 is 0 Å². The molecule has 1 aromatic rings. The number of aliphatic hydroxyl groups is 1. The Hall–Kier alpha value is -0.530. The maximum absolute atomic E-state index is 10.4. The minimum absolute atomic E-state index is 0.427.